The first-order chi connectivity index (χ1) is 6.07. The topological polar surface area (TPSA) is 78.3 Å². The molecule has 0 aromatic heterocycles. The van der Waals surface area contributed by atoms with E-state index in [1.165, 1.54) is 0 Å². The number of esters is 1. The Morgan fingerprint density at radius 1 is 1.46 bits per heavy atom. The van der Waals surface area contributed by atoms with E-state index in [-0.39, 0.29) is 5.97 Å². The predicted molar refractivity (Wildman–Crippen MR) is 52.1 cm³/mol. The highest BCUT2D eigenvalue weighted by molar-refractivity contribution is 5.75. The summed E-state index contributed by atoms with van der Waals surface area (Å²) in [5.41, 5.74) is 10.8. The van der Waals surface area contributed by atoms with Crippen molar-refractivity contribution >= 4 is 5.97 Å². The molecular weight excluding hydrogens is 168 g/mol. The van der Waals surface area contributed by atoms with Crippen LogP contribution in [0.1, 0.15) is 26.7 Å². The molecule has 0 radical (unpaired) electrons. The van der Waals surface area contributed by atoms with Gasteiger partial charge in [-0.05, 0) is 25.3 Å². The van der Waals surface area contributed by atoms with Gasteiger partial charge in [-0.3, -0.25) is 4.79 Å². The Labute approximate surface area is 79.6 Å². The maximum absolute atomic E-state index is 11.2. The highest BCUT2D eigenvalue weighted by Crippen LogP contribution is 2.03. The summed E-state index contributed by atoms with van der Waals surface area (Å²) >= 11 is 0. The largest absolute Gasteiger partial charge is 0.464 e. The highest BCUT2D eigenvalue weighted by Gasteiger charge is 2.15. The fourth-order valence-electron chi connectivity index (χ4n) is 0.967. The third kappa shape index (κ3) is 6.54. The first-order valence-electron chi connectivity index (χ1n) is 4.70. The average Bonchev–Trinajstić information content (AvgIpc) is 2.03. The van der Waals surface area contributed by atoms with Gasteiger partial charge >= 0.3 is 5.97 Å². The summed E-state index contributed by atoms with van der Waals surface area (Å²) in [6, 6.07) is -0.488. The number of hydrogen-bond donors (Lipinski definition) is 2. The molecule has 0 aromatic rings. The van der Waals surface area contributed by atoms with Crippen molar-refractivity contribution in [2.75, 3.05) is 13.2 Å². The Hall–Kier alpha value is -0.610. The quantitative estimate of drug-likeness (QED) is 0.462. The van der Waals surface area contributed by atoms with Crippen LogP contribution in [0, 0.1) is 5.92 Å². The molecule has 0 aromatic carbocycles. The summed E-state index contributed by atoms with van der Waals surface area (Å²) in [7, 11) is 0. The Morgan fingerprint density at radius 3 is 2.54 bits per heavy atom. The SMILES string of the molecule is CC(C)C[C@H](N)C(=O)OCCCN. The third-order valence-electron chi connectivity index (χ3n) is 1.62. The van der Waals surface area contributed by atoms with Gasteiger partial charge in [0.25, 0.3) is 0 Å². The van der Waals surface area contributed by atoms with Crippen LogP contribution in [-0.4, -0.2) is 25.2 Å². The summed E-state index contributed by atoms with van der Waals surface area (Å²) in [5, 5.41) is 0. The molecule has 78 valence electrons. The van der Waals surface area contributed by atoms with Gasteiger partial charge in [0.15, 0.2) is 0 Å². The van der Waals surface area contributed by atoms with E-state index in [2.05, 4.69) is 0 Å². The molecule has 13 heavy (non-hydrogen) atoms. The second kappa shape index (κ2) is 6.86. The molecule has 0 aliphatic rings. The van der Waals surface area contributed by atoms with Crippen LogP contribution in [-0.2, 0) is 9.53 Å². The van der Waals surface area contributed by atoms with E-state index < -0.39 is 6.04 Å². The molecule has 0 spiro atoms. The molecule has 4 heteroatoms. The number of rotatable bonds is 6. The van der Waals surface area contributed by atoms with Crippen LogP contribution in [0.15, 0.2) is 0 Å². The highest BCUT2D eigenvalue weighted by atomic mass is 16.5. The van der Waals surface area contributed by atoms with Crippen LogP contribution in [0.4, 0.5) is 0 Å². The molecule has 0 fully saturated rings. The van der Waals surface area contributed by atoms with E-state index in [1.54, 1.807) is 0 Å². The zero-order chi connectivity index (χ0) is 10.3. The van der Waals surface area contributed by atoms with E-state index >= 15 is 0 Å². The molecule has 4 nitrogen and oxygen atoms in total. The first-order valence-corrected chi connectivity index (χ1v) is 4.70. The smallest absolute Gasteiger partial charge is 0.322 e. The van der Waals surface area contributed by atoms with Gasteiger partial charge < -0.3 is 16.2 Å². The number of hydrogen-bond acceptors (Lipinski definition) is 4. The maximum atomic E-state index is 11.2. The van der Waals surface area contributed by atoms with Crippen molar-refractivity contribution in [1.82, 2.24) is 0 Å². The minimum Gasteiger partial charge on any atom is -0.464 e. The van der Waals surface area contributed by atoms with Gasteiger partial charge in [0.05, 0.1) is 6.61 Å². The second-order valence-corrected chi connectivity index (χ2v) is 3.55. The molecule has 0 bridgehead atoms. The number of nitrogens with two attached hydrogens (primary N) is 2. The Balaban J connectivity index is 3.57. The molecule has 0 aliphatic carbocycles. The molecule has 0 saturated heterocycles. The van der Waals surface area contributed by atoms with E-state index in [4.69, 9.17) is 16.2 Å². The molecule has 0 amide bonds. The normalized spacial score (nSPS) is 13.0. The summed E-state index contributed by atoms with van der Waals surface area (Å²) in [6.45, 7) is 4.95. The second-order valence-electron chi connectivity index (χ2n) is 3.55. The van der Waals surface area contributed by atoms with E-state index in [1.807, 2.05) is 13.8 Å². The lowest BCUT2D eigenvalue weighted by Crippen LogP contribution is -2.33. The minimum atomic E-state index is -0.488. The predicted octanol–water partition coefficient (Wildman–Crippen LogP) is 0.252. The Morgan fingerprint density at radius 2 is 2.08 bits per heavy atom. The van der Waals surface area contributed by atoms with E-state index in [0.29, 0.717) is 31.9 Å². The molecule has 4 N–H and O–H groups in total. The van der Waals surface area contributed by atoms with Crippen LogP contribution in [0.25, 0.3) is 0 Å². The van der Waals surface area contributed by atoms with Crippen molar-refractivity contribution in [2.45, 2.75) is 32.7 Å². The lowest BCUT2D eigenvalue weighted by molar-refractivity contribution is -0.145. The lowest BCUT2D eigenvalue weighted by atomic mass is 10.1. The molecule has 0 saturated carbocycles. The van der Waals surface area contributed by atoms with Gasteiger partial charge in [0.1, 0.15) is 6.04 Å². The molecule has 0 rings (SSSR count). The summed E-state index contributed by atoms with van der Waals surface area (Å²) < 4.78 is 4.90. The summed E-state index contributed by atoms with van der Waals surface area (Å²) in [6.07, 6.45) is 1.36. The number of carbonyl (C=O) groups is 1. The van der Waals surface area contributed by atoms with Gasteiger partial charge in [-0.15, -0.1) is 0 Å². The van der Waals surface area contributed by atoms with Crippen molar-refractivity contribution in [1.29, 1.82) is 0 Å². The van der Waals surface area contributed by atoms with Gasteiger partial charge in [-0.1, -0.05) is 13.8 Å². The lowest BCUT2D eigenvalue weighted by Gasteiger charge is -2.12. The van der Waals surface area contributed by atoms with Gasteiger partial charge in [0, 0.05) is 0 Å². The Kier molecular flexibility index (Phi) is 6.54. The zero-order valence-electron chi connectivity index (χ0n) is 8.45. The van der Waals surface area contributed by atoms with Crippen molar-refractivity contribution < 1.29 is 9.53 Å². The van der Waals surface area contributed by atoms with Gasteiger partial charge in [-0.2, -0.15) is 0 Å². The van der Waals surface area contributed by atoms with Crippen LogP contribution in [0.5, 0.6) is 0 Å². The monoisotopic (exact) mass is 188 g/mol. The summed E-state index contributed by atoms with van der Waals surface area (Å²) in [5.74, 6) is 0.0965. The standard InChI is InChI=1S/C9H20N2O2/c1-7(2)6-8(11)9(12)13-5-3-4-10/h7-8H,3-6,10-11H2,1-2H3/t8-/m0/s1. The first kappa shape index (κ1) is 12.4. The van der Waals surface area contributed by atoms with Crippen molar-refractivity contribution in [2.24, 2.45) is 17.4 Å². The third-order valence-corrected chi connectivity index (χ3v) is 1.62. The maximum Gasteiger partial charge on any atom is 0.322 e. The number of carbonyl (C=O) groups excluding carboxylic acids is 1. The van der Waals surface area contributed by atoms with E-state index in [0.717, 1.165) is 0 Å². The van der Waals surface area contributed by atoms with Crippen molar-refractivity contribution in [3.63, 3.8) is 0 Å². The number of ether oxygens (including phenoxy) is 1. The van der Waals surface area contributed by atoms with Gasteiger partial charge in [-0.25, -0.2) is 0 Å². The molecule has 1 atom stereocenters. The van der Waals surface area contributed by atoms with Crippen LogP contribution in [0.2, 0.25) is 0 Å². The summed E-state index contributed by atoms with van der Waals surface area (Å²) in [4.78, 5) is 11.2. The van der Waals surface area contributed by atoms with Crippen LogP contribution < -0.4 is 11.5 Å². The minimum absolute atomic E-state index is 0.317. The van der Waals surface area contributed by atoms with Crippen LogP contribution in [0.3, 0.4) is 0 Å². The van der Waals surface area contributed by atoms with Crippen molar-refractivity contribution in [3.8, 4) is 0 Å². The Bertz CT molecular complexity index is 149. The van der Waals surface area contributed by atoms with E-state index in [9.17, 15) is 4.79 Å². The fourth-order valence-corrected chi connectivity index (χ4v) is 0.967. The molecule has 0 unspecified atom stereocenters. The molecule has 0 aliphatic heterocycles. The molecule has 0 heterocycles. The fraction of sp³-hybridized carbons (Fsp3) is 0.889. The van der Waals surface area contributed by atoms with Crippen molar-refractivity contribution in [3.05, 3.63) is 0 Å². The zero-order valence-corrected chi connectivity index (χ0v) is 8.45. The average molecular weight is 188 g/mol. The van der Waals surface area contributed by atoms with Gasteiger partial charge in [0.2, 0.25) is 0 Å². The molecular formula is C9H20N2O2. The van der Waals surface area contributed by atoms with Crippen LogP contribution >= 0.6 is 0 Å².